The second-order valence-corrected chi connectivity index (χ2v) is 9.48. The minimum absolute atomic E-state index is 0.169. The predicted octanol–water partition coefficient (Wildman–Crippen LogP) is 0.903. The Hall–Kier alpha value is -2.55. The summed E-state index contributed by atoms with van der Waals surface area (Å²) in [4.78, 5) is 26.4. The number of carbonyl (C=O) groups is 1. The maximum Gasteiger partial charge on any atom is 0.472 e. The van der Waals surface area contributed by atoms with E-state index in [0.29, 0.717) is 5.52 Å². The van der Waals surface area contributed by atoms with Gasteiger partial charge in [-0.3, -0.25) is 13.8 Å². The Bertz CT molecular complexity index is 1110. The van der Waals surface area contributed by atoms with Crippen LogP contribution >= 0.6 is 7.82 Å². The number of aromatic nitrogens is 3. The van der Waals surface area contributed by atoms with E-state index in [1.165, 1.54) is 16.9 Å². The maximum atomic E-state index is 12.7. The Morgan fingerprint density at radius 2 is 2.23 bits per heavy atom. The summed E-state index contributed by atoms with van der Waals surface area (Å²) in [5, 5.41) is 14.3. The van der Waals surface area contributed by atoms with Crippen LogP contribution in [0.3, 0.4) is 0 Å². The van der Waals surface area contributed by atoms with Crippen LogP contribution in [0.4, 0.5) is 5.82 Å². The number of carbonyl (C=O) groups excluding carboxylic acids is 1. The van der Waals surface area contributed by atoms with Crippen molar-refractivity contribution < 1.29 is 32.8 Å². The molecule has 2 saturated heterocycles. The molecular formula is C17H20N5O7P. The van der Waals surface area contributed by atoms with Crippen LogP contribution in [-0.2, 0) is 33.5 Å². The number of rotatable bonds is 2. The number of nitriles is 1. The van der Waals surface area contributed by atoms with Gasteiger partial charge < -0.3 is 20.1 Å². The lowest BCUT2D eigenvalue weighted by Gasteiger charge is -2.32. The lowest BCUT2D eigenvalue weighted by molar-refractivity contribution is -0.169. The molecule has 2 fully saturated rings. The Morgan fingerprint density at radius 1 is 1.50 bits per heavy atom. The van der Waals surface area contributed by atoms with Gasteiger partial charge in [-0.25, -0.2) is 14.1 Å². The predicted molar refractivity (Wildman–Crippen MR) is 99.5 cm³/mol. The van der Waals surface area contributed by atoms with Gasteiger partial charge in [-0.2, -0.15) is 10.4 Å². The Labute approximate surface area is 171 Å². The molecule has 30 heavy (non-hydrogen) atoms. The fourth-order valence-corrected chi connectivity index (χ4v) is 4.38. The number of ether oxygens (including phenoxy) is 2. The van der Waals surface area contributed by atoms with E-state index in [9.17, 15) is 19.5 Å². The number of nitrogens with two attached hydrogens (primary N) is 1. The molecule has 2 aromatic heterocycles. The summed E-state index contributed by atoms with van der Waals surface area (Å²) in [5.41, 5.74) is 3.67. The van der Waals surface area contributed by atoms with Gasteiger partial charge in [0.15, 0.2) is 11.9 Å². The molecule has 13 heteroatoms. The first-order valence-electron chi connectivity index (χ1n) is 9.03. The highest BCUT2D eigenvalue weighted by Crippen LogP contribution is 2.55. The minimum Gasteiger partial charge on any atom is -0.454 e. The quantitative estimate of drug-likeness (QED) is 0.505. The molecule has 0 amide bonds. The van der Waals surface area contributed by atoms with Crippen molar-refractivity contribution >= 4 is 25.1 Å². The molecule has 2 aliphatic rings. The van der Waals surface area contributed by atoms with Gasteiger partial charge in [-0.05, 0) is 32.9 Å². The van der Waals surface area contributed by atoms with Gasteiger partial charge in [0, 0.05) is 0 Å². The van der Waals surface area contributed by atoms with Crippen molar-refractivity contribution in [3.8, 4) is 6.07 Å². The lowest BCUT2D eigenvalue weighted by Crippen LogP contribution is -2.47. The number of hydrogen-bond acceptors (Lipinski definition) is 10. The number of phosphoric ester groups is 1. The standard InChI is InChI=1S/C17H20N5O7P/c1-16(2,3)15(23)27-13-12-10(6-26-30(24,25)29-12)28-17(13,7-18)11-5-4-9-14(19)20-8-21-22(9)11/h4-5,8,10,12-13H,6H2,1-3H3,(H,24,25)(H2,19,20,21)/t10-,12-,13-,17+/m1/s1. The Morgan fingerprint density at radius 3 is 2.90 bits per heavy atom. The number of nitrogen functional groups attached to an aromatic ring is 1. The largest absolute Gasteiger partial charge is 0.472 e. The van der Waals surface area contributed by atoms with E-state index in [4.69, 9.17) is 24.3 Å². The molecule has 0 saturated carbocycles. The second kappa shape index (κ2) is 6.73. The summed E-state index contributed by atoms with van der Waals surface area (Å²) in [5.74, 6) is -0.475. The molecular weight excluding hydrogens is 417 g/mol. The van der Waals surface area contributed by atoms with Gasteiger partial charge in [-0.1, -0.05) is 0 Å². The smallest absolute Gasteiger partial charge is 0.454 e. The molecule has 1 unspecified atom stereocenters. The molecule has 0 bridgehead atoms. The summed E-state index contributed by atoms with van der Waals surface area (Å²) in [6.45, 7) is 4.59. The number of phosphoric acid groups is 1. The van der Waals surface area contributed by atoms with Crippen molar-refractivity contribution in [2.45, 2.75) is 44.7 Å². The van der Waals surface area contributed by atoms with Crippen molar-refractivity contribution in [3.63, 3.8) is 0 Å². The van der Waals surface area contributed by atoms with Gasteiger partial charge in [0.1, 0.15) is 30.1 Å². The molecule has 12 nitrogen and oxygen atoms in total. The van der Waals surface area contributed by atoms with Crippen LogP contribution in [-0.4, -0.2) is 50.4 Å². The SMILES string of the molecule is CC(C)(C)C(=O)O[C@@H]1[C@@H]2OP(=O)(O)OC[C@H]2O[C@@]1(C#N)c1ccc2c(N)ncnn12. The van der Waals surface area contributed by atoms with Gasteiger partial charge in [0.2, 0.25) is 5.60 Å². The summed E-state index contributed by atoms with van der Waals surface area (Å²) >= 11 is 0. The zero-order valence-electron chi connectivity index (χ0n) is 16.4. The number of anilines is 1. The van der Waals surface area contributed by atoms with Gasteiger partial charge in [0.25, 0.3) is 0 Å². The van der Waals surface area contributed by atoms with E-state index in [2.05, 4.69) is 16.2 Å². The zero-order chi connectivity index (χ0) is 21.9. The molecule has 0 aliphatic carbocycles. The molecule has 4 rings (SSSR count). The Balaban J connectivity index is 1.87. The van der Waals surface area contributed by atoms with Crippen LogP contribution in [0.2, 0.25) is 0 Å². The summed E-state index contributed by atoms with van der Waals surface area (Å²) in [7, 11) is -4.41. The van der Waals surface area contributed by atoms with E-state index >= 15 is 0 Å². The van der Waals surface area contributed by atoms with E-state index < -0.39 is 43.1 Å². The lowest BCUT2D eigenvalue weighted by atomic mass is 9.91. The summed E-state index contributed by atoms with van der Waals surface area (Å²) in [6, 6.07) is 5.18. The average molecular weight is 437 g/mol. The molecule has 0 spiro atoms. The summed E-state index contributed by atoms with van der Waals surface area (Å²) in [6.07, 6.45) is -2.33. The number of esters is 1. The van der Waals surface area contributed by atoms with E-state index in [1.807, 2.05) is 0 Å². The molecule has 160 valence electrons. The number of fused-ring (bicyclic) bond motifs is 2. The van der Waals surface area contributed by atoms with Crippen LogP contribution in [0, 0.1) is 16.7 Å². The first-order valence-corrected chi connectivity index (χ1v) is 10.5. The summed E-state index contributed by atoms with van der Waals surface area (Å²) < 4.78 is 35.0. The van der Waals surface area contributed by atoms with Crippen molar-refractivity contribution in [2.24, 2.45) is 5.41 Å². The van der Waals surface area contributed by atoms with Gasteiger partial charge >= 0.3 is 13.8 Å². The highest BCUT2D eigenvalue weighted by atomic mass is 31.2. The molecule has 0 aromatic carbocycles. The molecule has 0 radical (unpaired) electrons. The first kappa shape index (κ1) is 20.7. The van der Waals surface area contributed by atoms with Crippen LogP contribution in [0.5, 0.6) is 0 Å². The third-order valence-corrected chi connectivity index (χ3v) is 5.92. The normalized spacial score (nSPS) is 33.8. The van der Waals surface area contributed by atoms with Crippen molar-refractivity contribution in [2.75, 3.05) is 12.3 Å². The van der Waals surface area contributed by atoms with Crippen molar-refractivity contribution in [1.29, 1.82) is 5.26 Å². The fraction of sp³-hybridized carbons (Fsp3) is 0.529. The third kappa shape index (κ3) is 3.15. The Kier molecular flexibility index (Phi) is 4.65. The monoisotopic (exact) mass is 437 g/mol. The van der Waals surface area contributed by atoms with E-state index in [-0.39, 0.29) is 18.1 Å². The maximum absolute atomic E-state index is 12.7. The van der Waals surface area contributed by atoms with Crippen LogP contribution < -0.4 is 5.73 Å². The molecule has 4 heterocycles. The van der Waals surface area contributed by atoms with Crippen LogP contribution in [0.1, 0.15) is 26.5 Å². The number of nitrogens with zero attached hydrogens (tertiary/aromatic N) is 4. The second-order valence-electron chi connectivity index (χ2n) is 8.07. The minimum atomic E-state index is -4.41. The molecule has 2 aliphatic heterocycles. The average Bonchev–Trinajstić information content (AvgIpc) is 3.22. The third-order valence-electron chi connectivity index (χ3n) is 4.93. The van der Waals surface area contributed by atoms with Gasteiger partial charge in [0.05, 0.1) is 17.7 Å². The highest BCUT2D eigenvalue weighted by molar-refractivity contribution is 7.47. The number of hydrogen-bond donors (Lipinski definition) is 2. The fourth-order valence-electron chi connectivity index (χ4n) is 3.43. The first-order chi connectivity index (χ1) is 14.0. The van der Waals surface area contributed by atoms with Crippen LogP contribution in [0.15, 0.2) is 18.5 Å². The van der Waals surface area contributed by atoms with Crippen molar-refractivity contribution in [3.05, 3.63) is 24.2 Å². The van der Waals surface area contributed by atoms with E-state index in [0.717, 1.165) is 0 Å². The molecule has 2 aromatic rings. The molecule has 3 N–H and O–H groups in total. The zero-order valence-corrected chi connectivity index (χ0v) is 17.3. The van der Waals surface area contributed by atoms with E-state index in [1.54, 1.807) is 26.8 Å². The topological polar surface area (TPSA) is 171 Å². The van der Waals surface area contributed by atoms with Crippen LogP contribution in [0.25, 0.3) is 5.52 Å². The van der Waals surface area contributed by atoms with Gasteiger partial charge in [-0.15, -0.1) is 0 Å². The molecule has 5 atom stereocenters. The van der Waals surface area contributed by atoms with Crippen molar-refractivity contribution in [1.82, 2.24) is 14.6 Å². The highest BCUT2D eigenvalue weighted by Gasteiger charge is 2.64.